The van der Waals surface area contributed by atoms with Gasteiger partial charge in [-0.25, -0.2) is 0 Å². The van der Waals surface area contributed by atoms with Gasteiger partial charge in [-0.3, -0.25) is 0 Å². The minimum atomic E-state index is 0.00959. The molecule has 0 aliphatic carbocycles. The van der Waals surface area contributed by atoms with E-state index >= 15 is 0 Å². The van der Waals surface area contributed by atoms with Crippen LogP contribution in [0.25, 0.3) is 10.8 Å². The number of hydrogen-bond donors (Lipinski definition) is 2. The van der Waals surface area contributed by atoms with Gasteiger partial charge in [0.15, 0.2) is 0 Å². The van der Waals surface area contributed by atoms with Crippen LogP contribution in [0, 0.1) is 0 Å². The van der Waals surface area contributed by atoms with Gasteiger partial charge in [0.05, 0.1) is 12.8 Å². The third-order valence-electron chi connectivity index (χ3n) is 3.29. The van der Waals surface area contributed by atoms with Crippen LogP contribution >= 0.6 is 0 Å². The number of rotatable bonds is 3. The Labute approximate surface area is 127 Å². The van der Waals surface area contributed by atoms with Crippen LogP contribution < -0.4 is 4.74 Å². The van der Waals surface area contributed by atoms with Crippen LogP contribution in [0.5, 0.6) is 17.2 Å². The summed E-state index contributed by atoms with van der Waals surface area (Å²) in [5.41, 5.74) is 0.960. The molecule has 0 heterocycles. The lowest BCUT2D eigenvalue weighted by Crippen LogP contribution is -1.79. The van der Waals surface area contributed by atoms with Crippen LogP contribution in [0.3, 0.4) is 0 Å². The van der Waals surface area contributed by atoms with E-state index in [2.05, 4.69) is 10.2 Å². The van der Waals surface area contributed by atoms with Crippen molar-refractivity contribution in [2.45, 2.75) is 0 Å². The Kier molecular flexibility index (Phi) is 3.62. The van der Waals surface area contributed by atoms with Crippen molar-refractivity contribution in [2.24, 2.45) is 10.2 Å². The number of nitrogens with zero attached hydrogens (tertiary/aromatic N) is 2. The molecule has 0 amide bonds. The number of phenols is 2. The highest BCUT2D eigenvalue weighted by molar-refractivity contribution is 5.96. The molecule has 22 heavy (non-hydrogen) atoms. The van der Waals surface area contributed by atoms with Crippen LogP contribution in [0.1, 0.15) is 0 Å². The molecule has 5 heteroatoms. The van der Waals surface area contributed by atoms with Crippen LogP contribution in [-0.2, 0) is 0 Å². The predicted molar refractivity (Wildman–Crippen MR) is 84.4 cm³/mol. The van der Waals surface area contributed by atoms with Crippen molar-refractivity contribution >= 4 is 22.1 Å². The molecule has 0 spiro atoms. The van der Waals surface area contributed by atoms with E-state index < -0.39 is 0 Å². The van der Waals surface area contributed by atoms with Crippen molar-refractivity contribution in [3.05, 3.63) is 54.6 Å². The van der Waals surface area contributed by atoms with E-state index in [0.29, 0.717) is 16.8 Å². The van der Waals surface area contributed by atoms with Crippen LogP contribution in [0.4, 0.5) is 11.4 Å². The van der Waals surface area contributed by atoms with Gasteiger partial charge in [0.25, 0.3) is 0 Å². The van der Waals surface area contributed by atoms with Crippen molar-refractivity contribution in [1.29, 1.82) is 0 Å². The summed E-state index contributed by atoms with van der Waals surface area (Å²) in [4.78, 5) is 0. The SMILES string of the molecule is COc1ccc(N=Nc2c(O)ccc3ccc(O)cc23)cc1. The monoisotopic (exact) mass is 294 g/mol. The quantitative estimate of drug-likeness (QED) is 0.689. The summed E-state index contributed by atoms with van der Waals surface area (Å²) in [6.45, 7) is 0. The standard InChI is InChI=1S/C17H14N2O3/c1-22-14-7-4-12(5-8-14)18-19-17-15-10-13(20)6-2-11(15)3-9-16(17)21/h2-10,20-21H,1H3. The molecule has 3 rings (SSSR count). The Morgan fingerprint density at radius 3 is 2.32 bits per heavy atom. The molecule has 0 radical (unpaired) electrons. The van der Waals surface area contributed by atoms with Gasteiger partial charge in [0.1, 0.15) is 22.9 Å². The second-order valence-electron chi connectivity index (χ2n) is 4.74. The Morgan fingerprint density at radius 2 is 1.59 bits per heavy atom. The summed E-state index contributed by atoms with van der Waals surface area (Å²) >= 11 is 0. The summed E-state index contributed by atoms with van der Waals surface area (Å²) in [5.74, 6) is 0.853. The van der Waals surface area contributed by atoms with Gasteiger partial charge in [-0.1, -0.05) is 12.1 Å². The second-order valence-corrected chi connectivity index (χ2v) is 4.74. The molecule has 0 aromatic heterocycles. The minimum Gasteiger partial charge on any atom is -0.508 e. The summed E-state index contributed by atoms with van der Waals surface area (Å²) in [7, 11) is 1.59. The second kappa shape index (κ2) is 5.73. The van der Waals surface area contributed by atoms with Crippen molar-refractivity contribution < 1.29 is 14.9 Å². The number of ether oxygens (including phenoxy) is 1. The van der Waals surface area contributed by atoms with E-state index in [0.717, 1.165) is 11.1 Å². The molecule has 0 unspecified atom stereocenters. The molecule has 0 atom stereocenters. The number of hydrogen-bond acceptors (Lipinski definition) is 5. The molecule has 0 aliphatic heterocycles. The number of methoxy groups -OCH3 is 1. The molecule has 0 saturated carbocycles. The number of aromatic hydroxyl groups is 2. The van der Waals surface area contributed by atoms with E-state index in [1.165, 1.54) is 0 Å². The third kappa shape index (κ3) is 2.69. The van der Waals surface area contributed by atoms with Gasteiger partial charge in [0, 0.05) is 5.39 Å². The lowest BCUT2D eigenvalue weighted by molar-refractivity contribution is 0.415. The number of phenolic OH excluding ortho intramolecular Hbond substituents is 2. The molecule has 0 saturated heterocycles. The molecule has 3 aromatic rings. The van der Waals surface area contributed by atoms with Crippen molar-refractivity contribution in [3.8, 4) is 17.2 Å². The molecule has 0 bridgehead atoms. The molecule has 3 aromatic carbocycles. The fraction of sp³-hybridized carbons (Fsp3) is 0.0588. The number of fused-ring (bicyclic) bond motifs is 1. The Morgan fingerprint density at radius 1 is 0.864 bits per heavy atom. The normalized spacial score (nSPS) is 11.1. The van der Waals surface area contributed by atoms with Crippen molar-refractivity contribution in [3.63, 3.8) is 0 Å². The summed E-state index contributed by atoms with van der Waals surface area (Å²) in [6, 6.07) is 15.3. The molecule has 2 N–H and O–H groups in total. The topological polar surface area (TPSA) is 74.4 Å². The first kappa shape index (κ1) is 13.9. The van der Waals surface area contributed by atoms with Crippen LogP contribution in [0.2, 0.25) is 0 Å². The Balaban J connectivity index is 2.03. The molecule has 110 valence electrons. The zero-order valence-corrected chi connectivity index (χ0v) is 11.9. The first-order valence-corrected chi connectivity index (χ1v) is 6.68. The molecule has 5 nitrogen and oxygen atoms in total. The maximum absolute atomic E-state index is 10.0. The van der Waals surface area contributed by atoms with Gasteiger partial charge in [-0.15, -0.1) is 5.11 Å². The van der Waals surface area contributed by atoms with E-state index in [9.17, 15) is 10.2 Å². The van der Waals surface area contributed by atoms with Crippen molar-refractivity contribution in [1.82, 2.24) is 0 Å². The molecular formula is C17H14N2O3. The molecule has 0 fully saturated rings. The highest BCUT2D eigenvalue weighted by Gasteiger charge is 2.07. The molecular weight excluding hydrogens is 280 g/mol. The fourth-order valence-electron chi connectivity index (χ4n) is 2.14. The molecule has 0 aliphatic rings. The zero-order valence-electron chi connectivity index (χ0n) is 11.9. The lowest BCUT2D eigenvalue weighted by atomic mass is 10.1. The average Bonchev–Trinajstić information content (AvgIpc) is 2.54. The number of benzene rings is 3. The summed E-state index contributed by atoms with van der Waals surface area (Å²) in [5, 5.41) is 29.4. The Hall–Kier alpha value is -3.08. The number of azo groups is 1. The van der Waals surface area contributed by atoms with Gasteiger partial charge in [0.2, 0.25) is 0 Å². The van der Waals surface area contributed by atoms with Crippen molar-refractivity contribution in [2.75, 3.05) is 7.11 Å². The Bertz CT molecular complexity index is 837. The maximum Gasteiger partial charge on any atom is 0.143 e. The highest BCUT2D eigenvalue weighted by atomic mass is 16.5. The minimum absolute atomic E-state index is 0.00959. The van der Waals surface area contributed by atoms with E-state index in [4.69, 9.17) is 4.74 Å². The maximum atomic E-state index is 10.0. The largest absolute Gasteiger partial charge is 0.508 e. The van der Waals surface area contributed by atoms with Gasteiger partial charge >= 0.3 is 0 Å². The fourth-order valence-corrected chi connectivity index (χ4v) is 2.14. The van der Waals surface area contributed by atoms with E-state index in [1.807, 2.05) is 0 Å². The summed E-state index contributed by atoms with van der Waals surface area (Å²) in [6.07, 6.45) is 0. The van der Waals surface area contributed by atoms with E-state index in [-0.39, 0.29) is 11.5 Å². The average molecular weight is 294 g/mol. The highest BCUT2D eigenvalue weighted by Crippen LogP contribution is 2.37. The van der Waals surface area contributed by atoms with Crippen LogP contribution in [-0.4, -0.2) is 17.3 Å². The van der Waals surface area contributed by atoms with Crippen LogP contribution in [0.15, 0.2) is 64.8 Å². The van der Waals surface area contributed by atoms with Gasteiger partial charge in [-0.05, 0) is 47.9 Å². The lowest BCUT2D eigenvalue weighted by Gasteiger charge is -2.04. The first-order valence-electron chi connectivity index (χ1n) is 6.68. The summed E-state index contributed by atoms with van der Waals surface area (Å²) < 4.78 is 5.08. The van der Waals surface area contributed by atoms with Gasteiger partial charge in [-0.2, -0.15) is 5.11 Å². The van der Waals surface area contributed by atoms with Gasteiger partial charge < -0.3 is 14.9 Å². The smallest absolute Gasteiger partial charge is 0.143 e. The predicted octanol–water partition coefficient (Wildman–Crippen LogP) is 4.68. The zero-order chi connectivity index (χ0) is 15.5. The third-order valence-corrected chi connectivity index (χ3v) is 3.29. The van der Waals surface area contributed by atoms with E-state index in [1.54, 1.807) is 61.7 Å². The first-order chi connectivity index (χ1) is 10.7.